The third-order valence-electron chi connectivity index (χ3n) is 7.46. The number of carbonyl (C=O) groups excluding carboxylic acids is 2. The Labute approximate surface area is 230 Å². The number of fused-ring (bicyclic) bond motifs is 1. The monoisotopic (exact) mass is 571 g/mol. The molecule has 6 rings (SSSR count). The SMILES string of the molecule is Cc1ccc(-c2noc([C@H]3C[C@@H]3F)n2)cc1NC(=O)c1cnn2ccc(N3CCN(C(=O)C(F)(F)F)[C@H](C)C3)cc12. The molecule has 41 heavy (non-hydrogen) atoms. The van der Waals surface area contributed by atoms with Crippen molar-refractivity contribution in [1.29, 1.82) is 0 Å². The quantitative estimate of drug-likeness (QED) is 0.355. The zero-order valence-electron chi connectivity index (χ0n) is 22.0. The summed E-state index contributed by atoms with van der Waals surface area (Å²) in [4.78, 5) is 32.1. The average molecular weight is 572 g/mol. The van der Waals surface area contributed by atoms with Crippen molar-refractivity contribution in [1.82, 2.24) is 24.7 Å². The van der Waals surface area contributed by atoms with Crippen LogP contribution in [0.2, 0.25) is 0 Å². The molecular formula is C27H25F4N7O3. The Kier molecular flexibility index (Phi) is 6.42. The van der Waals surface area contributed by atoms with E-state index in [0.717, 1.165) is 10.5 Å². The summed E-state index contributed by atoms with van der Waals surface area (Å²) in [6, 6.07) is 8.14. The predicted octanol–water partition coefficient (Wildman–Crippen LogP) is 4.37. The molecule has 1 aliphatic heterocycles. The van der Waals surface area contributed by atoms with Crippen LogP contribution >= 0.6 is 0 Å². The van der Waals surface area contributed by atoms with Crippen LogP contribution in [-0.4, -0.2) is 74.5 Å². The molecule has 1 N–H and O–H groups in total. The summed E-state index contributed by atoms with van der Waals surface area (Å²) in [5, 5.41) is 11.1. The maximum absolute atomic E-state index is 13.4. The third-order valence-corrected chi connectivity index (χ3v) is 7.46. The first-order chi connectivity index (χ1) is 19.5. The van der Waals surface area contributed by atoms with E-state index in [1.54, 1.807) is 43.5 Å². The molecule has 3 atom stereocenters. The van der Waals surface area contributed by atoms with Gasteiger partial charge in [-0.05, 0) is 44.0 Å². The molecule has 2 fully saturated rings. The molecule has 214 valence electrons. The maximum atomic E-state index is 13.4. The molecule has 1 saturated heterocycles. The molecule has 1 aromatic carbocycles. The number of hydrogen-bond acceptors (Lipinski definition) is 7. The topological polar surface area (TPSA) is 109 Å². The zero-order valence-corrected chi connectivity index (χ0v) is 22.0. The van der Waals surface area contributed by atoms with E-state index in [2.05, 4.69) is 20.6 Å². The van der Waals surface area contributed by atoms with Crippen molar-refractivity contribution in [3.63, 3.8) is 0 Å². The van der Waals surface area contributed by atoms with Crippen molar-refractivity contribution in [2.45, 2.75) is 44.6 Å². The number of amides is 2. The second-order valence-corrected chi connectivity index (χ2v) is 10.4. The molecule has 10 nitrogen and oxygen atoms in total. The average Bonchev–Trinajstić information content (AvgIpc) is 3.30. The van der Waals surface area contributed by atoms with Gasteiger partial charge >= 0.3 is 12.1 Å². The number of piperazine rings is 1. The van der Waals surface area contributed by atoms with Crippen molar-refractivity contribution >= 4 is 28.7 Å². The number of hydrogen-bond donors (Lipinski definition) is 1. The molecule has 1 saturated carbocycles. The largest absolute Gasteiger partial charge is 0.471 e. The Balaban J connectivity index is 1.20. The summed E-state index contributed by atoms with van der Waals surface area (Å²) in [6.07, 6.45) is -2.41. The van der Waals surface area contributed by atoms with Gasteiger partial charge in [0.05, 0.1) is 23.2 Å². The number of pyridine rings is 1. The van der Waals surface area contributed by atoms with Crippen molar-refractivity contribution < 1.29 is 31.7 Å². The van der Waals surface area contributed by atoms with Gasteiger partial charge in [-0.25, -0.2) is 8.91 Å². The van der Waals surface area contributed by atoms with E-state index in [1.165, 1.54) is 10.7 Å². The minimum absolute atomic E-state index is 0.0796. The van der Waals surface area contributed by atoms with Crippen LogP contribution in [0.1, 0.15) is 41.1 Å². The van der Waals surface area contributed by atoms with E-state index in [-0.39, 0.29) is 31.4 Å². The Hall–Kier alpha value is -4.49. The van der Waals surface area contributed by atoms with E-state index >= 15 is 0 Å². The normalized spacial score (nSPS) is 20.9. The first-order valence-corrected chi connectivity index (χ1v) is 13.0. The minimum Gasteiger partial charge on any atom is -0.368 e. The van der Waals surface area contributed by atoms with Gasteiger partial charge in [0.15, 0.2) is 0 Å². The van der Waals surface area contributed by atoms with Crippen LogP contribution in [0, 0.1) is 6.92 Å². The van der Waals surface area contributed by atoms with Crippen molar-refractivity contribution in [2.24, 2.45) is 0 Å². The fourth-order valence-corrected chi connectivity index (χ4v) is 5.01. The van der Waals surface area contributed by atoms with Crippen molar-refractivity contribution in [3.05, 3.63) is 59.7 Å². The highest BCUT2D eigenvalue weighted by atomic mass is 19.4. The molecule has 0 bridgehead atoms. The Morgan fingerprint density at radius 1 is 1.15 bits per heavy atom. The minimum atomic E-state index is -4.92. The van der Waals surface area contributed by atoms with Crippen LogP contribution in [0.4, 0.5) is 28.9 Å². The molecular weight excluding hydrogens is 546 g/mol. The molecule has 4 heterocycles. The zero-order chi connectivity index (χ0) is 29.1. The number of alkyl halides is 4. The molecule has 2 aliphatic rings. The summed E-state index contributed by atoms with van der Waals surface area (Å²) < 4.78 is 58.9. The summed E-state index contributed by atoms with van der Waals surface area (Å²) >= 11 is 0. The molecule has 4 aromatic rings. The van der Waals surface area contributed by atoms with Gasteiger partial charge in [0, 0.05) is 48.8 Å². The number of rotatable bonds is 5. The van der Waals surface area contributed by atoms with Crippen LogP contribution in [-0.2, 0) is 4.79 Å². The van der Waals surface area contributed by atoms with Crippen LogP contribution in [0.25, 0.3) is 16.9 Å². The summed E-state index contributed by atoms with van der Waals surface area (Å²) in [7, 11) is 0. The lowest BCUT2D eigenvalue weighted by molar-refractivity contribution is -0.187. The number of carbonyl (C=O) groups is 2. The van der Waals surface area contributed by atoms with Gasteiger partial charge in [-0.15, -0.1) is 0 Å². The Morgan fingerprint density at radius 2 is 1.93 bits per heavy atom. The van der Waals surface area contributed by atoms with Gasteiger partial charge in [0.2, 0.25) is 11.7 Å². The second-order valence-electron chi connectivity index (χ2n) is 10.4. The Morgan fingerprint density at radius 3 is 2.63 bits per heavy atom. The number of benzene rings is 1. The number of aromatic nitrogens is 4. The molecule has 3 aromatic heterocycles. The number of halogens is 4. The van der Waals surface area contributed by atoms with Gasteiger partial charge in [0.1, 0.15) is 6.17 Å². The van der Waals surface area contributed by atoms with Gasteiger partial charge in [-0.3, -0.25) is 9.59 Å². The van der Waals surface area contributed by atoms with Crippen molar-refractivity contribution in [2.75, 3.05) is 29.9 Å². The highest BCUT2D eigenvalue weighted by Crippen LogP contribution is 2.43. The van der Waals surface area contributed by atoms with Crippen LogP contribution in [0.15, 0.2) is 47.2 Å². The highest BCUT2D eigenvalue weighted by Gasteiger charge is 2.45. The molecule has 1 aliphatic carbocycles. The molecule has 0 unspecified atom stereocenters. The first-order valence-electron chi connectivity index (χ1n) is 13.0. The third kappa shape index (κ3) is 5.09. The first kappa shape index (κ1) is 26.7. The van der Waals surface area contributed by atoms with E-state index in [9.17, 15) is 27.2 Å². The van der Waals surface area contributed by atoms with Crippen LogP contribution in [0.5, 0.6) is 0 Å². The summed E-state index contributed by atoms with van der Waals surface area (Å²) in [6.45, 7) is 3.72. The predicted molar refractivity (Wildman–Crippen MR) is 139 cm³/mol. The lowest BCUT2D eigenvalue weighted by Gasteiger charge is -2.41. The fraction of sp³-hybridized carbons (Fsp3) is 0.370. The summed E-state index contributed by atoms with van der Waals surface area (Å²) in [5.41, 5.74) is 3.38. The molecule has 0 radical (unpaired) electrons. The molecule has 14 heteroatoms. The smallest absolute Gasteiger partial charge is 0.368 e. The van der Waals surface area contributed by atoms with E-state index in [1.807, 2.05) is 11.8 Å². The molecule has 0 spiro atoms. The van der Waals surface area contributed by atoms with E-state index in [0.29, 0.717) is 40.3 Å². The van der Waals surface area contributed by atoms with Gasteiger partial charge < -0.3 is 19.6 Å². The van der Waals surface area contributed by atoms with Crippen LogP contribution in [0.3, 0.4) is 0 Å². The number of nitrogens with one attached hydrogen (secondary N) is 1. The summed E-state index contributed by atoms with van der Waals surface area (Å²) in [5.74, 6) is -2.08. The van der Waals surface area contributed by atoms with Gasteiger partial charge in [0.25, 0.3) is 5.91 Å². The van der Waals surface area contributed by atoms with E-state index in [4.69, 9.17) is 4.52 Å². The lowest BCUT2D eigenvalue weighted by Crippen LogP contribution is -2.57. The maximum Gasteiger partial charge on any atom is 0.471 e. The molecule has 2 amide bonds. The fourth-order valence-electron chi connectivity index (χ4n) is 5.01. The van der Waals surface area contributed by atoms with E-state index < -0.39 is 30.2 Å². The number of aryl methyl sites for hydroxylation is 1. The van der Waals surface area contributed by atoms with Crippen LogP contribution < -0.4 is 10.2 Å². The lowest BCUT2D eigenvalue weighted by atomic mass is 10.1. The Bertz CT molecular complexity index is 1650. The number of nitrogens with zero attached hydrogens (tertiary/aromatic N) is 6. The second kappa shape index (κ2) is 9.85. The standard InChI is InChI=1S/C27H25F4N7O3/c1-14-3-4-16(23-34-25(41-35-23)18-11-20(18)28)9-21(14)33-24(39)19-12-32-38-6-5-17(10-22(19)38)36-7-8-37(15(2)13-36)26(40)27(29,30)31/h3-6,9-10,12,15,18,20H,7-8,11,13H2,1-2H3,(H,33,39)/t15-,18+,20+/m1/s1. The highest BCUT2D eigenvalue weighted by molar-refractivity contribution is 6.09. The van der Waals surface area contributed by atoms with Gasteiger partial charge in [-0.1, -0.05) is 17.3 Å². The van der Waals surface area contributed by atoms with Crippen molar-refractivity contribution in [3.8, 4) is 11.4 Å². The number of anilines is 2. The van der Waals surface area contributed by atoms with Gasteiger partial charge in [-0.2, -0.15) is 23.3 Å².